The van der Waals surface area contributed by atoms with Gasteiger partial charge in [0.2, 0.25) is 0 Å². The van der Waals surface area contributed by atoms with Gasteiger partial charge in [0, 0.05) is 0 Å². The minimum absolute atomic E-state index is 0.467. The highest BCUT2D eigenvalue weighted by atomic mass is 14.1. The van der Waals surface area contributed by atoms with E-state index in [1.165, 1.54) is 44.5 Å². The molecule has 0 fully saturated rings. The van der Waals surface area contributed by atoms with E-state index in [-0.39, 0.29) is 0 Å². The van der Waals surface area contributed by atoms with Crippen molar-refractivity contribution in [2.45, 2.75) is 99.8 Å². The van der Waals surface area contributed by atoms with Gasteiger partial charge in [-0.25, -0.2) is 0 Å². The molecule has 5 aromatic rings. The van der Waals surface area contributed by atoms with Crippen molar-refractivity contribution in [1.29, 1.82) is 0 Å². The second kappa shape index (κ2) is 37.5. The van der Waals surface area contributed by atoms with Gasteiger partial charge >= 0.3 is 0 Å². The first-order valence-corrected chi connectivity index (χ1v) is 20.4. The Labute approximate surface area is 352 Å². The maximum atomic E-state index is 3.78. The molecule has 306 valence electrons. The van der Waals surface area contributed by atoms with Gasteiger partial charge in [-0.1, -0.05) is 237 Å². The summed E-state index contributed by atoms with van der Waals surface area (Å²) in [5.74, 6) is 1.88. The fourth-order valence-electron chi connectivity index (χ4n) is 4.80. The van der Waals surface area contributed by atoms with E-state index in [2.05, 4.69) is 192 Å². The van der Waals surface area contributed by atoms with E-state index >= 15 is 0 Å². The third kappa shape index (κ3) is 26.1. The van der Waals surface area contributed by atoms with E-state index in [1.54, 1.807) is 0 Å². The van der Waals surface area contributed by atoms with E-state index in [4.69, 9.17) is 0 Å². The first-order chi connectivity index (χ1) is 27.5. The monoisotopic (exact) mass is 763 g/mol. The molecule has 0 bridgehead atoms. The summed E-state index contributed by atoms with van der Waals surface area (Å²) in [7, 11) is 0. The van der Waals surface area contributed by atoms with Crippen LogP contribution in [0.15, 0.2) is 204 Å². The predicted molar refractivity (Wildman–Crippen MR) is 265 cm³/mol. The van der Waals surface area contributed by atoms with Crippen molar-refractivity contribution in [3.63, 3.8) is 0 Å². The second-order valence-electron chi connectivity index (χ2n) is 12.8. The maximum absolute atomic E-state index is 3.78. The average Bonchev–Trinajstić information content (AvgIpc) is 3.29. The van der Waals surface area contributed by atoms with Gasteiger partial charge in [0.05, 0.1) is 0 Å². The fraction of sp³-hybridized carbons (Fsp3) is 0.263. The van der Waals surface area contributed by atoms with Crippen LogP contribution in [-0.2, 0) is 0 Å². The van der Waals surface area contributed by atoms with Crippen LogP contribution in [0.1, 0.15) is 124 Å². The lowest BCUT2D eigenvalue weighted by molar-refractivity contribution is 0.956. The van der Waals surface area contributed by atoms with Gasteiger partial charge < -0.3 is 0 Å². The zero-order valence-corrected chi connectivity index (χ0v) is 37.8. The molecule has 0 spiro atoms. The van der Waals surface area contributed by atoms with Gasteiger partial charge in [0.1, 0.15) is 0 Å². The average molecular weight is 763 g/mol. The summed E-state index contributed by atoms with van der Waals surface area (Å²) in [4.78, 5) is 0. The molecule has 4 atom stereocenters. The molecule has 0 saturated heterocycles. The van der Waals surface area contributed by atoms with Crippen LogP contribution in [0.2, 0.25) is 0 Å². The molecule has 0 N–H and O–H groups in total. The summed E-state index contributed by atoms with van der Waals surface area (Å²) >= 11 is 0. The summed E-state index contributed by atoms with van der Waals surface area (Å²) in [6.07, 6.45) is 9.69. The lowest BCUT2D eigenvalue weighted by Crippen LogP contribution is -1.91. The molecule has 0 saturated carbocycles. The molecular weight excluding hydrogens is 685 g/mol. The maximum Gasteiger partial charge on any atom is -0.00105 e. The molecule has 4 unspecified atom stereocenters. The van der Waals surface area contributed by atoms with Crippen LogP contribution in [0.5, 0.6) is 0 Å². The smallest absolute Gasteiger partial charge is 0.00105 e. The van der Waals surface area contributed by atoms with Crippen molar-refractivity contribution in [3.05, 3.63) is 248 Å². The Morgan fingerprint density at radius 3 is 1.18 bits per heavy atom. The molecule has 57 heavy (non-hydrogen) atoms. The molecule has 0 heterocycles. The quantitative estimate of drug-likeness (QED) is 0.131. The molecule has 0 aliphatic rings. The van der Waals surface area contributed by atoms with E-state index < -0.39 is 0 Å². The summed E-state index contributed by atoms with van der Waals surface area (Å²) in [6.45, 7) is 47.6. The van der Waals surface area contributed by atoms with Gasteiger partial charge in [0.25, 0.3) is 0 Å². The van der Waals surface area contributed by atoms with Crippen LogP contribution in [0, 0.1) is 20.8 Å². The van der Waals surface area contributed by atoms with Crippen LogP contribution in [-0.4, -0.2) is 0 Å². The molecule has 5 rings (SSSR count). The van der Waals surface area contributed by atoms with Gasteiger partial charge in [-0.3, -0.25) is 0 Å². The van der Waals surface area contributed by atoms with Gasteiger partial charge in [0.15, 0.2) is 0 Å². The van der Waals surface area contributed by atoms with Crippen molar-refractivity contribution in [2.75, 3.05) is 0 Å². The van der Waals surface area contributed by atoms with E-state index in [9.17, 15) is 0 Å². The Balaban J connectivity index is -0.000000620. The number of hydrogen-bond donors (Lipinski definition) is 0. The van der Waals surface area contributed by atoms with Gasteiger partial charge in [-0.2, -0.15) is 0 Å². The first kappa shape index (κ1) is 55.9. The standard InChI is InChI=1S/3C11H14.C10H12.C8H8.2C2H6.C2H4/c1-4-10(3)11-7-5-9(2)6-8-11;1-4-10(3)11-7-5-6-9(2)8-11;1-4-9(2)11-8-6-5-7-10(11)3;1-3-9(2)10-7-5-4-6-8-10;1-2-8-6-4-3-5-7-8;3*1-2/h2*4-8,10H,1H2,2-3H3;4-9H,1H2,2-3H3;3-9H,1H2,2H3;2-7H,1H2;2*1-2H3;1-2H2. The Morgan fingerprint density at radius 1 is 0.386 bits per heavy atom. The minimum atomic E-state index is 0.467. The molecule has 0 aliphatic carbocycles. The SMILES string of the molecule is C=C.C=CC(C)c1ccc(C)cc1.C=CC(C)c1cccc(C)c1.C=CC(C)c1ccccc1.C=CC(C)c1ccccc1C.C=Cc1ccccc1.CC.CC. The molecule has 0 amide bonds. The van der Waals surface area contributed by atoms with Crippen molar-refractivity contribution in [1.82, 2.24) is 0 Å². The molecule has 0 radical (unpaired) electrons. The number of allylic oxidation sites excluding steroid dienone is 4. The fourth-order valence-corrected chi connectivity index (χ4v) is 4.80. The Kier molecular flexibility index (Phi) is 36.7. The number of hydrogen-bond acceptors (Lipinski definition) is 0. The third-order valence-corrected chi connectivity index (χ3v) is 8.62. The molecule has 5 aromatic carbocycles. The van der Waals surface area contributed by atoms with E-state index in [0.717, 1.165) is 0 Å². The number of rotatable bonds is 9. The lowest BCUT2D eigenvalue weighted by atomic mass is 9.97. The highest BCUT2D eigenvalue weighted by Gasteiger charge is 2.02. The van der Waals surface area contributed by atoms with E-state index in [0.29, 0.717) is 23.7 Å². The predicted octanol–water partition coefficient (Wildman–Crippen LogP) is 18.0. The molecule has 0 nitrogen and oxygen atoms in total. The van der Waals surface area contributed by atoms with Crippen LogP contribution < -0.4 is 0 Å². The third-order valence-electron chi connectivity index (χ3n) is 8.62. The first-order valence-electron chi connectivity index (χ1n) is 20.4. The van der Waals surface area contributed by atoms with Crippen molar-refractivity contribution >= 4 is 6.08 Å². The lowest BCUT2D eigenvalue weighted by Gasteiger charge is -2.08. The van der Waals surface area contributed by atoms with Crippen molar-refractivity contribution < 1.29 is 0 Å². The zero-order valence-electron chi connectivity index (χ0n) is 37.8. The van der Waals surface area contributed by atoms with Crippen LogP contribution in [0.3, 0.4) is 0 Å². The Bertz CT molecular complexity index is 1710. The number of benzene rings is 5. The summed E-state index contributed by atoms with van der Waals surface area (Å²) in [5, 5.41) is 0. The summed E-state index contributed by atoms with van der Waals surface area (Å²) in [6, 6.07) is 45.9. The van der Waals surface area contributed by atoms with Gasteiger partial charge in [-0.05, 0) is 77.8 Å². The molecular formula is C57H78. The summed E-state index contributed by atoms with van der Waals surface area (Å²) < 4.78 is 0. The Morgan fingerprint density at radius 2 is 0.772 bits per heavy atom. The topological polar surface area (TPSA) is 0 Å². The molecule has 0 heteroatoms. The van der Waals surface area contributed by atoms with E-state index in [1.807, 2.05) is 94.5 Å². The van der Waals surface area contributed by atoms with Crippen LogP contribution in [0.25, 0.3) is 6.08 Å². The molecule has 0 aromatic heterocycles. The number of aryl methyl sites for hydroxylation is 3. The Hall–Kier alpha value is -5.46. The molecule has 0 aliphatic heterocycles. The zero-order chi connectivity index (χ0) is 44.0. The highest BCUT2D eigenvalue weighted by molar-refractivity contribution is 5.45. The van der Waals surface area contributed by atoms with Crippen molar-refractivity contribution in [3.8, 4) is 0 Å². The van der Waals surface area contributed by atoms with Gasteiger partial charge in [-0.15, -0.1) is 39.5 Å². The summed E-state index contributed by atoms with van der Waals surface area (Å²) in [5.41, 5.74) is 10.5. The largest absolute Gasteiger partial charge is 0.106 e. The second-order valence-corrected chi connectivity index (χ2v) is 12.8. The highest BCUT2D eigenvalue weighted by Crippen LogP contribution is 2.20. The van der Waals surface area contributed by atoms with Crippen molar-refractivity contribution in [2.24, 2.45) is 0 Å². The van der Waals surface area contributed by atoms with Crippen LogP contribution in [0.4, 0.5) is 0 Å². The minimum Gasteiger partial charge on any atom is -0.106 e. The van der Waals surface area contributed by atoms with Crippen LogP contribution >= 0.6 is 0 Å². The normalized spacial score (nSPS) is 10.9.